The van der Waals surface area contributed by atoms with Gasteiger partial charge < -0.3 is 9.64 Å². The molecule has 2 aromatic carbocycles. The molecule has 0 spiro atoms. The van der Waals surface area contributed by atoms with Gasteiger partial charge in [-0.25, -0.2) is 4.39 Å². The van der Waals surface area contributed by atoms with E-state index in [-0.39, 0.29) is 46.8 Å². The van der Waals surface area contributed by atoms with E-state index in [0.29, 0.717) is 19.6 Å². The highest BCUT2D eigenvalue weighted by Crippen LogP contribution is 2.28. The SMILES string of the molecule is C[C@@H]1CN(Cc2ccc(F)cc2)[C@@H](C)CN1C(=O)COc1cccc(Cl)c1CS(=O)(=O)O. The van der Waals surface area contributed by atoms with E-state index in [1.807, 2.05) is 13.8 Å². The molecule has 0 aliphatic carbocycles. The Morgan fingerprint density at radius 3 is 2.50 bits per heavy atom. The van der Waals surface area contributed by atoms with Crippen molar-refractivity contribution in [2.24, 2.45) is 0 Å². The molecule has 1 heterocycles. The third-order valence-electron chi connectivity index (χ3n) is 5.49. The van der Waals surface area contributed by atoms with E-state index in [9.17, 15) is 17.6 Å². The molecule has 1 aliphatic rings. The largest absolute Gasteiger partial charge is 0.483 e. The molecule has 0 aromatic heterocycles. The third-order valence-corrected chi connectivity index (χ3v) is 6.50. The zero-order chi connectivity index (χ0) is 23.5. The summed E-state index contributed by atoms with van der Waals surface area (Å²) in [6.45, 7) is 5.50. The number of piperazine rings is 1. The van der Waals surface area contributed by atoms with Crippen LogP contribution in [0.5, 0.6) is 5.75 Å². The second-order valence-electron chi connectivity index (χ2n) is 8.03. The van der Waals surface area contributed by atoms with E-state index in [1.54, 1.807) is 23.1 Å². The van der Waals surface area contributed by atoms with Crippen molar-refractivity contribution in [3.63, 3.8) is 0 Å². The van der Waals surface area contributed by atoms with Crippen molar-refractivity contribution in [3.05, 3.63) is 64.4 Å². The quantitative estimate of drug-likeness (QED) is 0.606. The molecule has 0 radical (unpaired) electrons. The van der Waals surface area contributed by atoms with Crippen molar-refractivity contribution >= 4 is 27.6 Å². The number of benzene rings is 2. The van der Waals surface area contributed by atoms with Crippen molar-refractivity contribution in [1.82, 2.24) is 9.80 Å². The number of carbonyl (C=O) groups is 1. The number of amides is 1. The highest BCUT2D eigenvalue weighted by Gasteiger charge is 2.32. The summed E-state index contributed by atoms with van der Waals surface area (Å²) in [6.07, 6.45) is 0. The lowest BCUT2D eigenvalue weighted by Crippen LogP contribution is -2.58. The van der Waals surface area contributed by atoms with Crippen LogP contribution in [0.25, 0.3) is 0 Å². The Bertz CT molecular complexity index is 1060. The number of hydrogen-bond acceptors (Lipinski definition) is 5. The maximum absolute atomic E-state index is 13.1. The number of ether oxygens (including phenoxy) is 1. The minimum atomic E-state index is -4.32. The fraction of sp³-hybridized carbons (Fsp3) is 0.409. The van der Waals surface area contributed by atoms with E-state index in [4.69, 9.17) is 20.9 Å². The van der Waals surface area contributed by atoms with Crippen LogP contribution in [0.2, 0.25) is 5.02 Å². The molecule has 1 fully saturated rings. The number of rotatable bonds is 7. The Hall–Kier alpha value is -2.20. The van der Waals surface area contributed by atoms with Crippen LogP contribution in [0, 0.1) is 5.82 Å². The molecule has 0 unspecified atom stereocenters. The highest BCUT2D eigenvalue weighted by atomic mass is 35.5. The fourth-order valence-corrected chi connectivity index (χ4v) is 4.78. The van der Waals surface area contributed by atoms with Gasteiger partial charge in [-0.15, -0.1) is 0 Å². The smallest absolute Gasteiger partial charge is 0.269 e. The van der Waals surface area contributed by atoms with Crippen LogP contribution in [0.1, 0.15) is 25.0 Å². The Morgan fingerprint density at radius 2 is 1.84 bits per heavy atom. The Morgan fingerprint density at radius 1 is 1.16 bits per heavy atom. The second kappa shape index (κ2) is 10.2. The van der Waals surface area contributed by atoms with Crippen LogP contribution >= 0.6 is 11.6 Å². The molecule has 7 nitrogen and oxygen atoms in total. The monoisotopic (exact) mass is 484 g/mol. The van der Waals surface area contributed by atoms with Gasteiger partial charge >= 0.3 is 0 Å². The molecule has 3 rings (SSSR count). The summed E-state index contributed by atoms with van der Waals surface area (Å²) in [5.74, 6) is -1.07. The Labute approximate surface area is 192 Å². The van der Waals surface area contributed by atoms with E-state index in [1.165, 1.54) is 24.3 Å². The van der Waals surface area contributed by atoms with Crippen LogP contribution in [0.3, 0.4) is 0 Å². The summed E-state index contributed by atoms with van der Waals surface area (Å²) >= 11 is 6.06. The normalized spacial score (nSPS) is 19.7. The molecule has 2 aromatic rings. The zero-order valence-electron chi connectivity index (χ0n) is 17.9. The fourth-order valence-electron chi connectivity index (χ4n) is 3.81. The topological polar surface area (TPSA) is 87.2 Å². The molecule has 32 heavy (non-hydrogen) atoms. The molecule has 0 saturated carbocycles. The van der Waals surface area contributed by atoms with Gasteiger partial charge in [-0.3, -0.25) is 14.2 Å². The lowest BCUT2D eigenvalue weighted by Gasteiger charge is -2.44. The molecule has 1 amide bonds. The van der Waals surface area contributed by atoms with Gasteiger partial charge in [-0.05, 0) is 43.7 Å². The van der Waals surface area contributed by atoms with Gasteiger partial charge in [0.2, 0.25) is 0 Å². The van der Waals surface area contributed by atoms with Gasteiger partial charge in [-0.2, -0.15) is 8.42 Å². The Kier molecular flexibility index (Phi) is 7.76. The van der Waals surface area contributed by atoms with Crippen LogP contribution in [-0.2, 0) is 27.2 Å². The van der Waals surface area contributed by atoms with Crippen LogP contribution in [-0.4, -0.2) is 60.5 Å². The minimum absolute atomic E-state index is 0.0700. The second-order valence-corrected chi connectivity index (χ2v) is 9.89. The molecule has 174 valence electrons. The first-order chi connectivity index (χ1) is 15.0. The van der Waals surface area contributed by atoms with Gasteiger partial charge in [0.05, 0.1) is 0 Å². The number of halogens is 2. The van der Waals surface area contributed by atoms with Gasteiger partial charge in [-0.1, -0.05) is 29.8 Å². The van der Waals surface area contributed by atoms with E-state index < -0.39 is 15.9 Å². The number of hydrogen-bond donors (Lipinski definition) is 1. The molecule has 2 atom stereocenters. The predicted octanol–water partition coefficient (Wildman–Crippen LogP) is 3.37. The van der Waals surface area contributed by atoms with E-state index in [0.717, 1.165) is 5.56 Å². The maximum Gasteiger partial charge on any atom is 0.269 e. The zero-order valence-corrected chi connectivity index (χ0v) is 19.4. The molecule has 10 heteroatoms. The lowest BCUT2D eigenvalue weighted by molar-refractivity contribution is -0.139. The summed E-state index contributed by atoms with van der Waals surface area (Å²) in [4.78, 5) is 16.8. The van der Waals surface area contributed by atoms with Crippen LogP contribution < -0.4 is 4.74 Å². The summed E-state index contributed by atoms with van der Waals surface area (Å²) in [6, 6.07) is 11.0. The van der Waals surface area contributed by atoms with Crippen molar-refractivity contribution < 1.29 is 26.9 Å². The van der Waals surface area contributed by atoms with Crippen molar-refractivity contribution in [3.8, 4) is 5.75 Å². The number of carbonyl (C=O) groups excluding carboxylic acids is 1. The minimum Gasteiger partial charge on any atom is -0.483 e. The van der Waals surface area contributed by atoms with Gasteiger partial charge in [0.15, 0.2) is 6.61 Å². The van der Waals surface area contributed by atoms with Crippen molar-refractivity contribution in [2.45, 2.75) is 38.2 Å². The maximum atomic E-state index is 13.1. The van der Waals surface area contributed by atoms with Crippen molar-refractivity contribution in [2.75, 3.05) is 19.7 Å². The third kappa shape index (κ3) is 6.41. The Balaban J connectivity index is 1.62. The first-order valence-corrected chi connectivity index (χ1v) is 12.2. The van der Waals surface area contributed by atoms with Gasteiger partial charge in [0.1, 0.15) is 17.3 Å². The van der Waals surface area contributed by atoms with Gasteiger partial charge in [0, 0.05) is 42.3 Å². The van der Waals surface area contributed by atoms with Crippen LogP contribution in [0.4, 0.5) is 4.39 Å². The summed E-state index contributed by atoms with van der Waals surface area (Å²) < 4.78 is 50.5. The molecular formula is C22H26ClFN2O5S. The lowest BCUT2D eigenvalue weighted by atomic mass is 10.1. The summed E-state index contributed by atoms with van der Waals surface area (Å²) in [5.41, 5.74) is 1.11. The molecule has 1 N–H and O–H groups in total. The molecule has 1 saturated heterocycles. The summed E-state index contributed by atoms with van der Waals surface area (Å²) in [5, 5.41) is 0.129. The standard InChI is InChI=1S/C22H26ClFN2O5S/c1-15-11-26(16(2)10-25(15)12-17-6-8-18(24)9-7-17)22(27)13-31-21-5-3-4-20(23)19(21)14-32(28,29)30/h3-9,15-16H,10-14H2,1-2H3,(H,28,29,30)/t15-,16+/m0/s1. The van der Waals surface area contributed by atoms with Crippen molar-refractivity contribution in [1.29, 1.82) is 0 Å². The molecular weight excluding hydrogens is 459 g/mol. The van der Waals surface area contributed by atoms with E-state index in [2.05, 4.69) is 4.90 Å². The predicted molar refractivity (Wildman–Crippen MR) is 120 cm³/mol. The molecule has 0 bridgehead atoms. The first kappa shape index (κ1) is 24.4. The summed E-state index contributed by atoms with van der Waals surface area (Å²) in [7, 11) is -4.32. The van der Waals surface area contributed by atoms with E-state index >= 15 is 0 Å². The first-order valence-electron chi connectivity index (χ1n) is 10.2. The average molecular weight is 485 g/mol. The highest BCUT2D eigenvalue weighted by molar-refractivity contribution is 7.85. The van der Waals surface area contributed by atoms with Crippen LogP contribution in [0.15, 0.2) is 42.5 Å². The molecule has 1 aliphatic heterocycles. The average Bonchev–Trinajstić information content (AvgIpc) is 2.71. The number of nitrogens with zero attached hydrogens (tertiary/aromatic N) is 2. The van der Waals surface area contributed by atoms with Gasteiger partial charge in [0.25, 0.3) is 16.0 Å².